The molecule has 0 radical (unpaired) electrons. The highest BCUT2D eigenvalue weighted by molar-refractivity contribution is 6.04. The summed E-state index contributed by atoms with van der Waals surface area (Å²) in [5, 5.41) is 8.80. The molecule has 1 saturated heterocycles. The van der Waals surface area contributed by atoms with E-state index in [1.165, 1.54) is 6.33 Å². The monoisotopic (exact) mass is 301 g/mol. The molecule has 2 N–H and O–H groups in total. The first-order valence-electron chi connectivity index (χ1n) is 6.85. The second kappa shape index (κ2) is 5.47. The molecule has 0 bridgehead atoms. The van der Waals surface area contributed by atoms with Crippen molar-refractivity contribution in [3.05, 3.63) is 35.8 Å². The summed E-state index contributed by atoms with van der Waals surface area (Å²) in [5.74, 6) is 0.650. The van der Waals surface area contributed by atoms with E-state index in [-0.39, 0.29) is 0 Å². The van der Waals surface area contributed by atoms with Crippen molar-refractivity contribution >= 4 is 23.7 Å². The van der Waals surface area contributed by atoms with Crippen LogP contribution in [0, 0.1) is 6.92 Å². The summed E-state index contributed by atoms with van der Waals surface area (Å²) in [6.45, 7) is 3.81. The lowest BCUT2D eigenvalue weighted by Gasteiger charge is -2.02. The topological polar surface area (TPSA) is 102 Å². The zero-order valence-corrected chi connectivity index (χ0v) is 12.2. The van der Waals surface area contributed by atoms with Crippen molar-refractivity contribution in [3.8, 4) is 0 Å². The molecular weight excluding hydrogens is 286 g/mol. The van der Waals surface area contributed by atoms with E-state index in [1.54, 1.807) is 24.0 Å². The summed E-state index contributed by atoms with van der Waals surface area (Å²) < 4.78 is 7.29. The van der Waals surface area contributed by atoms with Gasteiger partial charge in [-0.15, -0.1) is 0 Å². The van der Waals surface area contributed by atoms with Gasteiger partial charge in [0, 0.05) is 11.3 Å². The van der Waals surface area contributed by atoms with Gasteiger partial charge >= 0.3 is 6.03 Å². The third-order valence-electron chi connectivity index (χ3n) is 3.43. The molecule has 1 fully saturated rings. The first-order chi connectivity index (χ1) is 10.6. The Labute approximate surface area is 126 Å². The second-order valence-corrected chi connectivity index (χ2v) is 4.89. The predicted molar refractivity (Wildman–Crippen MR) is 77.3 cm³/mol. The molecule has 22 heavy (non-hydrogen) atoms. The highest BCUT2D eigenvalue weighted by Crippen LogP contribution is 2.25. The lowest BCUT2D eigenvalue weighted by molar-refractivity contribution is -0.120. The second-order valence-electron chi connectivity index (χ2n) is 4.89. The first kappa shape index (κ1) is 14.1. The maximum Gasteiger partial charge on any atom is 0.322 e. The third kappa shape index (κ3) is 2.50. The summed E-state index contributed by atoms with van der Waals surface area (Å²) in [7, 11) is 0. The van der Waals surface area contributed by atoms with E-state index < -0.39 is 18.0 Å². The fourth-order valence-corrected chi connectivity index (χ4v) is 2.29. The SMILES string of the molecule is CC/C(=C\c1cc(C2NC(=O)NC2=O)oc1C)n1cncn1. The van der Waals surface area contributed by atoms with Crippen molar-refractivity contribution in [2.45, 2.75) is 26.3 Å². The van der Waals surface area contributed by atoms with Crippen LogP contribution in [0.4, 0.5) is 4.79 Å². The maximum atomic E-state index is 11.7. The van der Waals surface area contributed by atoms with E-state index in [1.807, 2.05) is 13.0 Å². The average molecular weight is 301 g/mol. The molecule has 8 heteroatoms. The van der Waals surface area contributed by atoms with Gasteiger partial charge in [0.25, 0.3) is 5.91 Å². The number of urea groups is 1. The highest BCUT2D eigenvalue weighted by Gasteiger charge is 2.33. The van der Waals surface area contributed by atoms with Crippen LogP contribution >= 0.6 is 0 Å². The van der Waals surface area contributed by atoms with Gasteiger partial charge in [0.15, 0.2) is 6.04 Å². The van der Waals surface area contributed by atoms with Gasteiger partial charge in [0.1, 0.15) is 24.2 Å². The Balaban J connectivity index is 1.92. The van der Waals surface area contributed by atoms with E-state index in [4.69, 9.17) is 4.42 Å². The number of rotatable bonds is 4. The summed E-state index contributed by atoms with van der Waals surface area (Å²) >= 11 is 0. The minimum atomic E-state index is -0.787. The number of nitrogens with zero attached hydrogens (tertiary/aromatic N) is 3. The number of furan rings is 1. The van der Waals surface area contributed by atoms with Crippen LogP contribution in [0.1, 0.15) is 36.5 Å². The normalized spacial score (nSPS) is 18.5. The van der Waals surface area contributed by atoms with Crippen molar-refractivity contribution in [2.24, 2.45) is 0 Å². The van der Waals surface area contributed by atoms with Crippen molar-refractivity contribution in [2.75, 3.05) is 0 Å². The molecule has 0 spiro atoms. The Bertz CT molecular complexity index is 745. The zero-order chi connectivity index (χ0) is 15.7. The predicted octanol–water partition coefficient (Wildman–Crippen LogP) is 1.47. The Kier molecular flexibility index (Phi) is 3.50. The van der Waals surface area contributed by atoms with Crippen LogP contribution in [0.25, 0.3) is 11.8 Å². The fraction of sp³-hybridized carbons (Fsp3) is 0.286. The van der Waals surface area contributed by atoms with Crippen LogP contribution in [0.3, 0.4) is 0 Å². The largest absolute Gasteiger partial charge is 0.463 e. The molecule has 3 rings (SSSR count). The molecule has 1 unspecified atom stereocenters. The first-order valence-corrected chi connectivity index (χ1v) is 6.85. The summed E-state index contributed by atoms with van der Waals surface area (Å²) in [6, 6.07) is 0.445. The third-order valence-corrected chi connectivity index (χ3v) is 3.43. The van der Waals surface area contributed by atoms with Crippen molar-refractivity contribution in [3.63, 3.8) is 0 Å². The smallest absolute Gasteiger partial charge is 0.322 e. The highest BCUT2D eigenvalue weighted by atomic mass is 16.3. The van der Waals surface area contributed by atoms with Crippen LogP contribution in [-0.4, -0.2) is 26.7 Å². The zero-order valence-electron chi connectivity index (χ0n) is 12.2. The summed E-state index contributed by atoms with van der Waals surface area (Å²) in [6.07, 6.45) is 5.77. The Morgan fingerprint density at radius 2 is 2.32 bits per heavy atom. The Morgan fingerprint density at radius 1 is 1.50 bits per heavy atom. The number of hydrogen-bond donors (Lipinski definition) is 2. The summed E-state index contributed by atoms with van der Waals surface area (Å²) in [5.41, 5.74) is 1.77. The van der Waals surface area contributed by atoms with E-state index in [0.29, 0.717) is 11.5 Å². The van der Waals surface area contributed by atoms with E-state index in [9.17, 15) is 9.59 Å². The molecular formula is C14H15N5O3. The van der Waals surface area contributed by atoms with Crippen LogP contribution in [-0.2, 0) is 4.79 Å². The molecule has 1 atom stereocenters. The molecule has 1 aliphatic rings. The van der Waals surface area contributed by atoms with Gasteiger partial charge in [-0.25, -0.2) is 14.5 Å². The fourth-order valence-electron chi connectivity index (χ4n) is 2.29. The van der Waals surface area contributed by atoms with E-state index >= 15 is 0 Å². The minimum Gasteiger partial charge on any atom is -0.463 e. The van der Waals surface area contributed by atoms with Crippen LogP contribution in [0.15, 0.2) is 23.1 Å². The van der Waals surface area contributed by atoms with Gasteiger partial charge < -0.3 is 9.73 Å². The van der Waals surface area contributed by atoms with Crippen molar-refractivity contribution in [1.29, 1.82) is 0 Å². The number of aromatic nitrogens is 3. The van der Waals surface area contributed by atoms with Gasteiger partial charge in [0.2, 0.25) is 0 Å². The quantitative estimate of drug-likeness (QED) is 0.832. The van der Waals surface area contributed by atoms with Crippen LogP contribution < -0.4 is 10.6 Å². The lowest BCUT2D eigenvalue weighted by Crippen LogP contribution is -2.22. The number of hydrogen-bond acceptors (Lipinski definition) is 5. The molecule has 114 valence electrons. The molecule has 0 aliphatic carbocycles. The molecule has 0 aromatic carbocycles. The van der Waals surface area contributed by atoms with E-state index in [2.05, 4.69) is 20.7 Å². The number of allylic oxidation sites excluding steroid dienone is 1. The van der Waals surface area contributed by atoms with Gasteiger partial charge in [-0.3, -0.25) is 10.1 Å². The number of imide groups is 1. The van der Waals surface area contributed by atoms with Gasteiger partial charge in [-0.1, -0.05) is 6.92 Å². The van der Waals surface area contributed by atoms with Gasteiger partial charge in [-0.2, -0.15) is 5.10 Å². The molecule has 2 aromatic heterocycles. The molecule has 3 amide bonds. The number of carbonyl (C=O) groups excluding carboxylic acids is 2. The average Bonchev–Trinajstić information content (AvgIpc) is 3.18. The van der Waals surface area contributed by atoms with Crippen LogP contribution in [0.2, 0.25) is 0 Å². The number of carbonyl (C=O) groups is 2. The number of nitrogens with one attached hydrogen (secondary N) is 2. The molecule has 8 nitrogen and oxygen atoms in total. The maximum absolute atomic E-state index is 11.7. The molecule has 0 saturated carbocycles. The number of aryl methyl sites for hydroxylation is 1. The van der Waals surface area contributed by atoms with Gasteiger partial charge in [0.05, 0.1) is 0 Å². The number of amides is 3. The van der Waals surface area contributed by atoms with Crippen molar-refractivity contribution in [1.82, 2.24) is 25.4 Å². The minimum absolute atomic E-state index is 0.404. The Hall–Kier alpha value is -2.90. The Morgan fingerprint density at radius 3 is 2.91 bits per heavy atom. The van der Waals surface area contributed by atoms with E-state index in [0.717, 1.165) is 17.7 Å². The molecule has 1 aliphatic heterocycles. The molecule has 3 heterocycles. The lowest BCUT2D eigenvalue weighted by atomic mass is 10.1. The van der Waals surface area contributed by atoms with Crippen molar-refractivity contribution < 1.29 is 14.0 Å². The standard InChI is InChI=1S/C14H15N5O3/c1-3-10(19-7-15-6-16-19)4-9-5-11(22-8(9)2)12-13(20)18-14(21)17-12/h4-7,12H,3H2,1-2H3,(H2,17,18,20,21)/b10-4+. The van der Waals surface area contributed by atoms with Crippen LogP contribution in [0.5, 0.6) is 0 Å². The molecule has 2 aromatic rings. The van der Waals surface area contributed by atoms with Gasteiger partial charge in [-0.05, 0) is 25.5 Å². The summed E-state index contributed by atoms with van der Waals surface area (Å²) in [4.78, 5) is 26.8.